The van der Waals surface area contributed by atoms with E-state index < -0.39 is 22.0 Å². The van der Waals surface area contributed by atoms with Crippen molar-refractivity contribution in [2.24, 2.45) is 0 Å². The molecule has 1 saturated heterocycles. The lowest BCUT2D eigenvalue weighted by molar-refractivity contribution is -0.142. The molecule has 2 N–H and O–H groups in total. The molecule has 0 amide bonds. The number of hydrogen-bond acceptors (Lipinski definition) is 8. The molecule has 202 valence electrons. The molecule has 0 unspecified atom stereocenters. The zero-order chi connectivity index (χ0) is 27.3. The number of nitrogens with zero attached hydrogens (tertiary/aromatic N) is 1. The first-order chi connectivity index (χ1) is 18.2. The summed E-state index contributed by atoms with van der Waals surface area (Å²) in [6.07, 6.45) is 1.34. The number of hydrogen-bond donors (Lipinski definition) is 2. The number of methoxy groups -OCH3 is 1. The largest absolute Gasteiger partial charge is 0.480 e. The van der Waals surface area contributed by atoms with E-state index in [1.165, 1.54) is 7.11 Å². The van der Waals surface area contributed by atoms with Gasteiger partial charge < -0.3 is 19.9 Å². The summed E-state index contributed by atoms with van der Waals surface area (Å²) in [4.78, 5) is 24.1. The third-order valence-electron chi connectivity index (χ3n) is 6.38. The van der Waals surface area contributed by atoms with Gasteiger partial charge >= 0.3 is 11.9 Å². The van der Waals surface area contributed by atoms with E-state index in [-0.39, 0.29) is 29.0 Å². The average molecular weight is 559 g/mol. The Morgan fingerprint density at radius 2 is 1.82 bits per heavy atom. The quantitative estimate of drug-likeness (QED) is 0.352. The smallest absolute Gasteiger partial charge is 0.349 e. The van der Waals surface area contributed by atoms with E-state index in [9.17, 15) is 23.1 Å². The van der Waals surface area contributed by atoms with Crippen molar-refractivity contribution in [3.05, 3.63) is 70.6 Å². The fourth-order valence-corrected chi connectivity index (χ4v) is 7.07. The van der Waals surface area contributed by atoms with Gasteiger partial charge in [-0.05, 0) is 43.0 Å². The van der Waals surface area contributed by atoms with Crippen LogP contribution in [0.1, 0.15) is 33.6 Å². The standard InChI is InChI=1S/C27H30N2O7S2/c1-18-24(36-16-23(30)35-2)26(27(31)32)37-25(18)20-9-6-10-22(15-20)28-21-11-13-29(14-12-21)38(33,34)17-19-7-4-3-5-8-19/h3-10,15,21,28H,11-14,16-17H2,1-2H3,(H,31,32). The molecule has 3 aromatic rings. The van der Waals surface area contributed by atoms with Crippen molar-refractivity contribution < 1.29 is 32.6 Å². The SMILES string of the molecule is COC(=O)COc1c(C(=O)O)sc(-c2cccc(NC3CCN(S(=O)(=O)Cc4ccccc4)CC3)c2)c1C. The maximum absolute atomic E-state index is 12.9. The summed E-state index contributed by atoms with van der Waals surface area (Å²) in [6.45, 7) is 2.27. The highest BCUT2D eigenvalue weighted by atomic mass is 32.2. The summed E-state index contributed by atoms with van der Waals surface area (Å²) >= 11 is 1.09. The van der Waals surface area contributed by atoms with E-state index in [2.05, 4.69) is 10.1 Å². The summed E-state index contributed by atoms with van der Waals surface area (Å²) in [6, 6.07) is 16.9. The Hall–Kier alpha value is -3.41. The van der Waals surface area contributed by atoms with Gasteiger partial charge in [-0.3, -0.25) is 0 Å². The Balaban J connectivity index is 1.43. The molecule has 0 spiro atoms. The molecule has 0 saturated carbocycles. The fourth-order valence-electron chi connectivity index (χ4n) is 4.42. The molecule has 1 aliphatic rings. The minimum atomic E-state index is -3.38. The number of carbonyl (C=O) groups excluding carboxylic acids is 1. The number of sulfonamides is 1. The summed E-state index contributed by atoms with van der Waals surface area (Å²) in [5.74, 6) is -1.57. The summed E-state index contributed by atoms with van der Waals surface area (Å²) in [5, 5.41) is 13.2. The molecule has 4 rings (SSSR count). The maximum Gasteiger partial charge on any atom is 0.349 e. The van der Waals surface area contributed by atoms with E-state index >= 15 is 0 Å². The van der Waals surface area contributed by atoms with Crippen molar-refractivity contribution in [3.8, 4) is 16.2 Å². The molecule has 0 aliphatic carbocycles. The highest BCUT2D eigenvalue weighted by Crippen LogP contribution is 2.42. The van der Waals surface area contributed by atoms with Crippen LogP contribution in [0, 0.1) is 6.92 Å². The lowest BCUT2D eigenvalue weighted by Crippen LogP contribution is -2.42. The van der Waals surface area contributed by atoms with E-state index in [0.717, 1.165) is 33.0 Å². The molecular weight excluding hydrogens is 528 g/mol. The highest BCUT2D eigenvalue weighted by molar-refractivity contribution is 7.88. The van der Waals surface area contributed by atoms with Crippen molar-refractivity contribution in [1.29, 1.82) is 0 Å². The van der Waals surface area contributed by atoms with E-state index in [1.54, 1.807) is 11.2 Å². The lowest BCUT2D eigenvalue weighted by atomic mass is 10.0. The summed E-state index contributed by atoms with van der Waals surface area (Å²) in [7, 11) is -2.15. The van der Waals surface area contributed by atoms with Crippen LogP contribution in [-0.4, -0.2) is 62.6 Å². The average Bonchev–Trinajstić information content (AvgIpc) is 3.24. The second-order valence-corrected chi connectivity index (χ2v) is 12.0. The Morgan fingerprint density at radius 1 is 1.11 bits per heavy atom. The molecule has 2 heterocycles. The normalized spacial score (nSPS) is 14.7. The number of rotatable bonds is 10. The van der Waals surface area contributed by atoms with Gasteiger partial charge in [0.15, 0.2) is 11.5 Å². The molecule has 38 heavy (non-hydrogen) atoms. The number of carboxylic acids is 1. The van der Waals surface area contributed by atoms with Gasteiger partial charge in [-0.1, -0.05) is 42.5 Å². The number of piperidine rings is 1. The van der Waals surface area contributed by atoms with Gasteiger partial charge in [0.25, 0.3) is 0 Å². The molecule has 1 aromatic heterocycles. The van der Waals surface area contributed by atoms with Crippen LogP contribution >= 0.6 is 11.3 Å². The zero-order valence-corrected chi connectivity index (χ0v) is 22.8. The number of carboxylic acid groups (broad SMARTS) is 1. The van der Waals surface area contributed by atoms with Gasteiger partial charge in [-0.15, -0.1) is 11.3 Å². The van der Waals surface area contributed by atoms with Gasteiger partial charge in [0.05, 0.1) is 12.9 Å². The van der Waals surface area contributed by atoms with Crippen molar-refractivity contribution in [2.45, 2.75) is 31.6 Å². The van der Waals surface area contributed by atoms with Gasteiger partial charge in [0.1, 0.15) is 5.75 Å². The molecular formula is C27H30N2O7S2. The van der Waals surface area contributed by atoms with Gasteiger partial charge in [-0.25, -0.2) is 22.3 Å². The molecule has 11 heteroatoms. The lowest BCUT2D eigenvalue weighted by Gasteiger charge is -2.32. The van der Waals surface area contributed by atoms with Crippen LogP contribution in [0.3, 0.4) is 0 Å². The number of anilines is 1. The van der Waals surface area contributed by atoms with Crippen molar-refractivity contribution >= 4 is 39.0 Å². The molecule has 1 fully saturated rings. The second kappa shape index (κ2) is 12.0. The van der Waals surface area contributed by atoms with Gasteiger partial charge in [0.2, 0.25) is 10.0 Å². The molecule has 0 atom stereocenters. The number of ether oxygens (including phenoxy) is 2. The fraction of sp³-hybridized carbons (Fsp3) is 0.333. The Bertz CT molecular complexity index is 1400. The summed E-state index contributed by atoms with van der Waals surface area (Å²) < 4.78 is 37.4. The third-order valence-corrected chi connectivity index (χ3v) is 9.54. The topological polar surface area (TPSA) is 122 Å². The maximum atomic E-state index is 12.9. The first-order valence-electron chi connectivity index (χ1n) is 12.1. The predicted molar refractivity (Wildman–Crippen MR) is 146 cm³/mol. The van der Waals surface area contributed by atoms with Gasteiger partial charge in [0, 0.05) is 35.3 Å². The molecule has 2 aromatic carbocycles. The first-order valence-corrected chi connectivity index (χ1v) is 14.6. The zero-order valence-electron chi connectivity index (χ0n) is 21.2. The Kier molecular flexibility index (Phi) is 8.70. The molecule has 0 bridgehead atoms. The highest BCUT2D eigenvalue weighted by Gasteiger charge is 2.28. The van der Waals surface area contributed by atoms with Crippen LogP contribution in [0.15, 0.2) is 54.6 Å². The van der Waals surface area contributed by atoms with Gasteiger partial charge in [-0.2, -0.15) is 0 Å². The number of benzene rings is 2. The van der Waals surface area contributed by atoms with Crippen molar-refractivity contribution in [1.82, 2.24) is 4.31 Å². The molecule has 1 aliphatic heterocycles. The van der Waals surface area contributed by atoms with E-state index in [0.29, 0.717) is 31.5 Å². The van der Waals surface area contributed by atoms with E-state index in [4.69, 9.17) is 4.74 Å². The second-order valence-electron chi connectivity index (χ2n) is 9.02. The van der Waals surface area contributed by atoms with Crippen LogP contribution in [-0.2, 0) is 25.3 Å². The Labute approximate surface area is 226 Å². The number of nitrogens with one attached hydrogen (secondary N) is 1. The summed E-state index contributed by atoms with van der Waals surface area (Å²) in [5.41, 5.74) is 3.08. The van der Waals surface area contributed by atoms with Crippen LogP contribution in [0.4, 0.5) is 5.69 Å². The molecule has 0 radical (unpaired) electrons. The van der Waals surface area contributed by atoms with E-state index in [1.807, 2.05) is 54.6 Å². The van der Waals surface area contributed by atoms with Crippen LogP contribution in [0.5, 0.6) is 5.75 Å². The molecule has 9 nitrogen and oxygen atoms in total. The van der Waals surface area contributed by atoms with Crippen LogP contribution < -0.4 is 10.1 Å². The minimum Gasteiger partial charge on any atom is -0.480 e. The van der Waals surface area contributed by atoms with Crippen molar-refractivity contribution in [2.75, 3.05) is 32.1 Å². The predicted octanol–water partition coefficient (Wildman–Crippen LogP) is 4.38. The number of carbonyl (C=O) groups is 2. The Morgan fingerprint density at radius 3 is 2.47 bits per heavy atom. The third kappa shape index (κ3) is 6.53. The number of esters is 1. The first kappa shape index (κ1) is 27.6. The van der Waals surface area contributed by atoms with Crippen molar-refractivity contribution in [3.63, 3.8) is 0 Å². The minimum absolute atomic E-state index is 0.00217. The number of aromatic carboxylic acids is 1. The monoisotopic (exact) mass is 558 g/mol. The van der Waals surface area contributed by atoms with Crippen LogP contribution in [0.25, 0.3) is 10.4 Å². The number of thiophene rings is 1. The van der Waals surface area contributed by atoms with Crippen LogP contribution in [0.2, 0.25) is 0 Å².